The van der Waals surface area contributed by atoms with Crippen LogP contribution in [0.15, 0.2) is 18.2 Å². The molecule has 0 atom stereocenters. The van der Waals surface area contributed by atoms with Crippen molar-refractivity contribution < 1.29 is 9.47 Å². The van der Waals surface area contributed by atoms with E-state index in [0.717, 1.165) is 43.4 Å². The number of benzene rings is 1. The van der Waals surface area contributed by atoms with Crippen molar-refractivity contribution in [3.8, 4) is 11.5 Å². The lowest BCUT2D eigenvalue weighted by molar-refractivity contribution is 0.393. The molecule has 1 N–H and O–H groups in total. The van der Waals surface area contributed by atoms with Gasteiger partial charge in [-0.2, -0.15) is 0 Å². The Morgan fingerprint density at radius 2 is 1.72 bits per heavy atom. The molecule has 0 saturated carbocycles. The van der Waals surface area contributed by atoms with E-state index in [9.17, 15) is 0 Å². The van der Waals surface area contributed by atoms with Crippen LogP contribution in [0.2, 0.25) is 0 Å². The van der Waals surface area contributed by atoms with E-state index in [2.05, 4.69) is 16.3 Å². The van der Waals surface area contributed by atoms with Gasteiger partial charge in [0.05, 0.1) is 19.9 Å². The molecule has 0 amide bonds. The molecule has 0 aromatic heterocycles. The Balaban J connectivity index is 0.00000144. The molecule has 0 unspecified atom stereocenters. The largest absolute Gasteiger partial charge is 0.497 e. The number of rotatable bonds is 3. The average Bonchev–Trinajstić information content (AvgIpc) is 2.39. The van der Waals surface area contributed by atoms with E-state index in [1.165, 1.54) is 0 Å². The summed E-state index contributed by atoms with van der Waals surface area (Å²) in [5, 5.41) is 3.34. The maximum atomic E-state index is 5.40. The third-order valence-corrected chi connectivity index (χ3v) is 2.84. The Kier molecular flexibility index (Phi) is 7.91. The summed E-state index contributed by atoms with van der Waals surface area (Å²) in [5.41, 5.74) is 1.14. The van der Waals surface area contributed by atoms with E-state index in [1.807, 2.05) is 12.1 Å². The highest BCUT2D eigenvalue weighted by Gasteiger charge is 2.15. The van der Waals surface area contributed by atoms with Gasteiger partial charge in [0.2, 0.25) is 0 Å². The molecule has 4 nitrogen and oxygen atoms in total. The second kappa shape index (κ2) is 8.29. The van der Waals surface area contributed by atoms with Gasteiger partial charge in [-0.3, -0.25) is 0 Å². The summed E-state index contributed by atoms with van der Waals surface area (Å²) in [4.78, 5) is 2.33. The number of methoxy groups -OCH3 is 2. The Hall–Kier alpha value is -0.840. The number of nitrogens with one attached hydrogen (secondary N) is 1. The molecule has 6 heteroatoms. The molecule has 104 valence electrons. The van der Waals surface area contributed by atoms with Crippen LogP contribution in [-0.2, 0) is 0 Å². The summed E-state index contributed by atoms with van der Waals surface area (Å²) in [6.45, 7) is 4.08. The van der Waals surface area contributed by atoms with Crippen LogP contribution in [0, 0.1) is 0 Å². The first-order valence-electron chi connectivity index (χ1n) is 5.53. The number of hydrogen-bond donors (Lipinski definition) is 1. The van der Waals surface area contributed by atoms with Crippen LogP contribution in [0.3, 0.4) is 0 Å². The molecule has 18 heavy (non-hydrogen) atoms. The first-order chi connectivity index (χ1) is 7.85. The molecule has 2 rings (SSSR count). The second-order valence-corrected chi connectivity index (χ2v) is 3.77. The normalized spacial score (nSPS) is 14.2. The van der Waals surface area contributed by atoms with Crippen LogP contribution in [-0.4, -0.2) is 40.4 Å². The molecule has 0 bridgehead atoms. The van der Waals surface area contributed by atoms with E-state index < -0.39 is 0 Å². The number of hydrogen-bond acceptors (Lipinski definition) is 4. The highest BCUT2D eigenvalue weighted by atomic mass is 35.5. The van der Waals surface area contributed by atoms with Gasteiger partial charge in [0.1, 0.15) is 11.5 Å². The number of anilines is 1. The van der Waals surface area contributed by atoms with Crippen LogP contribution in [0.1, 0.15) is 0 Å². The van der Waals surface area contributed by atoms with Gasteiger partial charge in [-0.25, -0.2) is 0 Å². The zero-order valence-corrected chi connectivity index (χ0v) is 12.3. The molecule has 0 radical (unpaired) electrons. The highest BCUT2D eigenvalue weighted by Crippen LogP contribution is 2.32. The molecule has 1 aliphatic rings. The lowest BCUT2D eigenvalue weighted by Gasteiger charge is -2.30. The first-order valence-corrected chi connectivity index (χ1v) is 5.53. The Bertz CT molecular complexity index is 358. The topological polar surface area (TPSA) is 33.7 Å². The van der Waals surface area contributed by atoms with Crippen LogP contribution in [0.4, 0.5) is 5.69 Å². The summed E-state index contributed by atoms with van der Waals surface area (Å²) in [7, 11) is 3.36. The third-order valence-electron chi connectivity index (χ3n) is 2.84. The minimum atomic E-state index is 0. The minimum Gasteiger partial charge on any atom is -0.497 e. The molecule has 0 aliphatic carbocycles. The summed E-state index contributed by atoms with van der Waals surface area (Å²) < 4.78 is 10.6. The zero-order chi connectivity index (χ0) is 11.4. The summed E-state index contributed by atoms with van der Waals surface area (Å²) >= 11 is 0. The van der Waals surface area contributed by atoms with E-state index >= 15 is 0 Å². The fourth-order valence-electron chi connectivity index (χ4n) is 1.95. The van der Waals surface area contributed by atoms with E-state index in [1.54, 1.807) is 14.2 Å². The molecule has 0 spiro atoms. The molecule has 1 aromatic rings. The van der Waals surface area contributed by atoms with Crippen LogP contribution in [0.25, 0.3) is 0 Å². The first kappa shape index (κ1) is 17.2. The standard InChI is InChI=1S/C12H18N2O2.2ClH/c1-15-10-3-4-11(12(9-10)16-2)14-7-5-13-6-8-14;;/h3-4,9,13H,5-8H2,1-2H3;2*1H. The van der Waals surface area contributed by atoms with Gasteiger partial charge >= 0.3 is 0 Å². The van der Waals surface area contributed by atoms with Gasteiger partial charge in [-0.05, 0) is 12.1 Å². The van der Waals surface area contributed by atoms with Crippen molar-refractivity contribution >= 4 is 30.5 Å². The number of nitrogens with zero attached hydrogens (tertiary/aromatic N) is 1. The Labute approximate surface area is 120 Å². The van der Waals surface area contributed by atoms with Crippen molar-refractivity contribution in [1.82, 2.24) is 5.32 Å². The predicted octanol–water partition coefficient (Wildman–Crippen LogP) is 1.96. The third kappa shape index (κ3) is 3.83. The van der Waals surface area contributed by atoms with Gasteiger partial charge < -0.3 is 19.7 Å². The number of ether oxygens (including phenoxy) is 2. The van der Waals surface area contributed by atoms with Crippen LogP contribution in [0.5, 0.6) is 11.5 Å². The predicted molar refractivity (Wildman–Crippen MR) is 79.1 cm³/mol. The highest BCUT2D eigenvalue weighted by molar-refractivity contribution is 5.85. The van der Waals surface area contributed by atoms with Crippen molar-refractivity contribution in [2.75, 3.05) is 45.3 Å². The lowest BCUT2D eigenvalue weighted by atomic mass is 10.2. The molecule has 1 aromatic carbocycles. The Morgan fingerprint density at radius 1 is 1.06 bits per heavy atom. The van der Waals surface area contributed by atoms with Gasteiger partial charge in [0.15, 0.2) is 0 Å². The summed E-state index contributed by atoms with van der Waals surface area (Å²) in [5.74, 6) is 1.71. The number of piperazine rings is 1. The number of halogens is 2. The lowest BCUT2D eigenvalue weighted by Crippen LogP contribution is -2.43. The van der Waals surface area contributed by atoms with Gasteiger partial charge in [0.25, 0.3) is 0 Å². The minimum absolute atomic E-state index is 0. The van der Waals surface area contributed by atoms with E-state index in [4.69, 9.17) is 9.47 Å². The van der Waals surface area contributed by atoms with E-state index in [-0.39, 0.29) is 24.8 Å². The Morgan fingerprint density at radius 3 is 2.28 bits per heavy atom. The zero-order valence-electron chi connectivity index (χ0n) is 10.6. The van der Waals surface area contributed by atoms with Gasteiger partial charge in [0, 0.05) is 32.2 Å². The van der Waals surface area contributed by atoms with Gasteiger partial charge in [-0.1, -0.05) is 0 Å². The monoisotopic (exact) mass is 294 g/mol. The smallest absolute Gasteiger partial charge is 0.145 e. The second-order valence-electron chi connectivity index (χ2n) is 3.77. The average molecular weight is 295 g/mol. The molecule has 1 aliphatic heterocycles. The van der Waals surface area contributed by atoms with Crippen molar-refractivity contribution in [3.63, 3.8) is 0 Å². The molecule has 1 fully saturated rings. The van der Waals surface area contributed by atoms with Crippen molar-refractivity contribution in [2.45, 2.75) is 0 Å². The molecule has 1 saturated heterocycles. The van der Waals surface area contributed by atoms with Crippen molar-refractivity contribution in [2.24, 2.45) is 0 Å². The van der Waals surface area contributed by atoms with Gasteiger partial charge in [-0.15, -0.1) is 24.8 Å². The SMILES string of the molecule is COc1ccc(N2CCNCC2)c(OC)c1.Cl.Cl. The van der Waals surface area contributed by atoms with Crippen LogP contribution >= 0.6 is 24.8 Å². The summed E-state index contributed by atoms with van der Waals surface area (Å²) in [6, 6.07) is 5.96. The molecular weight excluding hydrogens is 275 g/mol. The fourth-order valence-corrected chi connectivity index (χ4v) is 1.95. The van der Waals surface area contributed by atoms with Crippen LogP contribution < -0.4 is 19.7 Å². The maximum absolute atomic E-state index is 5.40. The molecular formula is C12H20Cl2N2O2. The quantitative estimate of drug-likeness (QED) is 0.924. The molecule has 1 heterocycles. The maximum Gasteiger partial charge on any atom is 0.145 e. The van der Waals surface area contributed by atoms with Crippen molar-refractivity contribution in [3.05, 3.63) is 18.2 Å². The summed E-state index contributed by atoms with van der Waals surface area (Å²) in [6.07, 6.45) is 0. The van der Waals surface area contributed by atoms with Crippen molar-refractivity contribution in [1.29, 1.82) is 0 Å². The van der Waals surface area contributed by atoms with E-state index in [0.29, 0.717) is 0 Å². The fraction of sp³-hybridized carbons (Fsp3) is 0.500.